The van der Waals surface area contributed by atoms with E-state index in [2.05, 4.69) is 22.6 Å². The molecule has 0 fully saturated rings. The second kappa shape index (κ2) is 5.98. The maximum Gasteiger partial charge on any atom is 0.0856 e. The highest BCUT2D eigenvalue weighted by Crippen LogP contribution is 2.21. The minimum Gasteiger partial charge on any atom is -0.311 e. The molecule has 1 aromatic heterocycles. The van der Waals surface area contributed by atoms with E-state index in [1.54, 1.807) is 10.9 Å². The minimum absolute atomic E-state index is 0.683. The van der Waals surface area contributed by atoms with Gasteiger partial charge in [0.2, 0.25) is 0 Å². The first kappa shape index (κ1) is 13.1. The number of nitrogens with one attached hydrogen (secondary N) is 1. The molecule has 0 radical (unpaired) electrons. The molecule has 1 heterocycles. The lowest BCUT2D eigenvalue weighted by molar-refractivity contribution is 0.641. The van der Waals surface area contributed by atoms with Crippen molar-refractivity contribution in [3.8, 4) is 5.69 Å². The lowest BCUT2D eigenvalue weighted by Gasteiger charge is -2.09. The summed E-state index contributed by atoms with van der Waals surface area (Å²) < 4.78 is 1.79. The standard InChI is InChI=1S/C13H17ClN4/c1-3-6-15-8-11-9-16-17-18(11)13-7-10(2)4-5-12(13)14/h4-5,7,9,15H,3,6,8H2,1-2H3. The SMILES string of the molecule is CCCNCc1cnnn1-c1cc(C)ccc1Cl. The Morgan fingerprint density at radius 1 is 1.39 bits per heavy atom. The Bertz CT molecular complexity index is 521. The number of hydrogen-bond acceptors (Lipinski definition) is 3. The van der Waals surface area contributed by atoms with Crippen LogP contribution in [0.25, 0.3) is 5.69 Å². The number of halogens is 1. The summed E-state index contributed by atoms with van der Waals surface area (Å²) in [6.45, 7) is 5.89. The number of aryl methyl sites for hydroxylation is 1. The maximum atomic E-state index is 6.21. The summed E-state index contributed by atoms with van der Waals surface area (Å²) in [5, 5.41) is 12.1. The van der Waals surface area contributed by atoms with Gasteiger partial charge in [-0.25, -0.2) is 4.68 Å². The number of benzene rings is 1. The van der Waals surface area contributed by atoms with Gasteiger partial charge in [0.25, 0.3) is 0 Å². The van der Waals surface area contributed by atoms with Crippen LogP contribution in [0.3, 0.4) is 0 Å². The Kier molecular flexibility index (Phi) is 4.33. The highest BCUT2D eigenvalue weighted by atomic mass is 35.5. The van der Waals surface area contributed by atoms with Crippen LogP contribution in [0.15, 0.2) is 24.4 Å². The third-order valence-corrected chi connectivity index (χ3v) is 3.00. The van der Waals surface area contributed by atoms with E-state index in [9.17, 15) is 0 Å². The quantitative estimate of drug-likeness (QED) is 0.845. The van der Waals surface area contributed by atoms with Crippen LogP contribution >= 0.6 is 11.6 Å². The first-order valence-electron chi connectivity index (χ1n) is 6.09. The van der Waals surface area contributed by atoms with E-state index < -0.39 is 0 Å². The van der Waals surface area contributed by atoms with Crippen molar-refractivity contribution in [1.29, 1.82) is 0 Å². The van der Waals surface area contributed by atoms with Crippen LogP contribution in [0.5, 0.6) is 0 Å². The van der Waals surface area contributed by atoms with Crippen molar-refractivity contribution in [3.63, 3.8) is 0 Å². The zero-order valence-corrected chi connectivity index (χ0v) is 11.4. The normalized spacial score (nSPS) is 10.8. The molecule has 5 heteroatoms. The van der Waals surface area contributed by atoms with Gasteiger partial charge in [-0.1, -0.05) is 29.8 Å². The molecule has 0 saturated carbocycles. The maximum absolute atomic E-state index is 6.21. The average molecular weight is 265 g/mol. The van der Waals surface area contributed by atoms with Crippen LogP contribution in [0.1, 0.15) is 24.6 Å². The molecule has 2 aromatic rings. The molecule has 0 aliphatic rings. The van der Waals surface area contributed by atoms with E-state index in [4.69, 9.17) is 11.6 Å². The fourth-order valence-electron chi connectivity index (χ4n) is 1.76. The van der Waals surface area contributed by atoms with Gasteiger partial charge in [-0.2, -0.15) is 0 Å². The van der Waals surface area contributed by atoms with Crippen LogP contribution in [-0.4, -0.2) is 21.5 Å². The Hall–Kier alpha value is -1.39. The van der Waals surface area contributed by atoms with Crippen LogP contribution in [-0.2, 0) is 6.54 Å². The average Bonchev–Trinajstić information content (AvgIpc) is 2.81. The third-order valence-electron chi connectivity index (χ3n) is 2.68. The van der Waals surface area contributed by atoms with Crippen LogP contribution in [0.4, 0.5) is 0 Å². The molecule has 0 saturated heterocycles. The number of aromatic nitrogens is 3. The molecule has 1 N–H and O–H groups in total. The number of nitrogens with zero attached hydrogens (tertiary/aromatic N) is 3. The van der Waals surface area contributed by atoms with Gasteiger partial charge in [-0.15, -0.1) is 5.10 Å². The summed E-state index contributed by atoms with van der Waals surface area (Å²) in [4.78, 5) is 0. The van der Waals surface area contributed by atoms with Gasteiger partial charge < -0.3 is 5.32 Å². The molecular weight excluding hydrogens is 248 g/mol. The second-order valence-electron chi connectivity index (χ2n) is 4.27. The predicted molar refractivity (Wildman–Crippen MR) is 73.1 cm³/mol. The summed E-state index contributed by atoms with van der Waals surface area (Å²) in [5.74, 6) is 0. The summed E-state index contributed by atoms with van der Waals surface area (Å²) in [6, 6.07) is 5.88. The van der Waals surface area contributed by atoms with E-state index >= 15 is 0 Å². The van der Waals surface area contributed by atoms with E-state index in [1.165, 1.54) is 0 Å². The lowest BCUT2D eigenvalue weighted by atomic mass is 10.2. The molecule has 0 unspecified atom stereocenters. The molecule has 18 heavy (non-hydrogen) atoms. The van der Waals surface area contributed by atoms with Crippen molar-refractivity contribution in [2.45, 2.75) is 26.8 Å². The van der Waals surface area contributed by atoms with Gasteiger partial charge in [-0.05, 0) is 37.6 Å². The van der Waals surface area contributed by atoms with Gasteiger partial charge in [0.05, 0.1) is 22.6 Å². The van der Waals surface area contributed by atoms with Crippen molar-refractivity contribution in [2.24, 2.45) is 0 Å². The Labute approximate surface area is 112 Å². The molecule has 4 nitrogen and oxygen atoms in total. The van der Waals surface area contributed by atoms with E-state index in [-0.39, 0.29) is 0 Å². The third kappa shape index (κ3) is 2.89. The van der Waals surface area contributed by atoms with Crippen molar-refractivity contribution < 1.29 is 0 Å². The smallest absolute Gasteiger partial charge is 0.0856 e. The van der Waals surface area contributed by atoms with Crippen molar-refractivity contribution in [3.05, 3.63) is 40.7 Å². The summed E-state index contributed by atoms with van der Waals surface area (Å²) in [7, 11) is 0. The fraction of sp³-hybridized carbons (Fsp3) is 0.385. The first-order chi connectivity index (χ1) is 8.72. The van der Waals surface area contributed by atoms with Crippen molar-refractivity contribution in [2.75, 3.05) is 6.54 Å². The van der Waals surface area contributed by atoms with Gasteiger partial charge >= 0.3 is 0 Å². The summed E-state index contributed by atoms with van der Waals surface area (Å²) in [5.41, 5.74) is 3.04. The van der Waals surface area contributed by atoms with E-state index in [0.29, 0.717) is 5.02 Å². The molecule has 0 aliphatic heterocycles. The molecular formula is C13H17ClN4. The second-order valence-corrected chi connectivity index (χ2v) is 4.68. The number of hydrogen-bond donors (Lipinski definition) is 1. The van der Waals surface area contributed by atoms with Crippen LogP contribution < -0.4 is 5.32 Å². The molecule has 0 bridgehead atoms. The van der Waals surface area contributed by atoms with E-state index in [1.807, 2.05) is 25.1 Å². The monoisotopic (exact) mass is 264 g/mol. The van der Waals surface area contributed by atoms with Crippen LogP contribution in [0, 0.1) is 6.92 Å². The zero-order valence-electron chi connectivity index (χ0n) is 10.7. The van der Waals surface area contributed by atoms with Gasteiger partial charge in [0.15, 0.2) is 0 Å². The van der Waals surface area contributed by atoms with Crippen LogP contribution in [0.2, 0.25) is 5.02 Å². The fourth-order valence-corrected chi connectivity index (χ4v) is 1.96. The molecule has 0 aliphatic carbocycles. The lowest BCUT2D eigenvalue weighted by Crippen LogP contribution is -2.17. The van der Waals surface area contributed by atoms with Crippen molar-refractivity contribution in [1.82, 2.24) is 20.3 Å². The molecule has 0 atom stereocenters. The molecule has 0 spiro atoms. The Balaban J connectivity index is 2.27. The highest BCUT2D eigenvalue weighted by molar-refractivity contribution is 6.32. The number of rotatable bonds is 5. The van der Waals surface area contributed by atoms with Gasteiger partial charge in [0.1, 0.15) is 0 Å². The highest BCUT2D eigenvalue weighted by Gasteiger charge is 2.09. The Morgan fingerprint density at radius 3 is 3.00 bits per heavy atom. The van der Waals surface area contributed by atoms with Gasteiger partial charge in [-0.3, -0.25) is 0 Å². The van der Waals surface area contributed by atoms with Crippen molar-refractivity contribution >= 4 is 11.6 Å². The molecule has 0 amide bonds. The summed E-state index contributed by atoms with van der Waals surface area (Å²) in [6.07, 6.45) is 2.87. The first-order valence-corrected chi connectivity index (χ1v) is 6.47. The molecule has 1 aromatic carbocycles. The zero-order chi connectivity index (χ0) is 13.0. The summed E-state index contributed by atoms with van der Waals surface area (Å²) >= 11 is 6.21. The van der Waals surface area contributed by atoms with E-state index in [0.717, 1.165) is 36.5 Å². The molecule has 96 valence electrons. The topological polar surface area (TPSA) is 42.7 Å². The largest absolute Gasteiger partial charge is 0.311 e. The van der Waals surface area contributed by atoms with Gasteiger partial charge in [0, 0.05) is 6.54 Å². The molecule has 2 rings (SSSR count). The predicted octanol–water partition coefficient (Wildman–Crippen LogP) is 2.73. The minimum atomic E-state index is 0.683. The Morgan fingerprint density at radius 2 is 2.22 bits per heavy atom.